The van der Waals surface area contributed by atoms with Crippen LogP contribution in [-0.4, -0.2) is 90.6 Å². The molecule has 1 aliphatic heterocycles. The number of hydrogen-bond donors (Lipinski definition) is 7. The zero-order chi connectivity index (χ0) is 40.6. The Morgan fingerprint density at radius 2 is 1.64 bits per heavy atom. The van der Waals surface area contributed by atoms with Crippen LogP contribution in [0.25, 0.3) is 0 Å². The van der Waals surface area contributed by atoms with Crippen molar-refractivity contribution in [2.75, 3.05) is 7.05 Å². The minimum atomic E-state index is -2.12. The normalized spacial score (nSPS) is 50.2. The van der Waals surface area contributed by atoms with E-state index in [2.05, 4.69) is 12.2 Å². The molecule has 0 unspecified atom stereocenters. The lowest BCUT2D eigenvalue weighted by Gasteiger charge is -2.73. The molecule has 7 N–H and O–H groups in total. The predicted octanol–water partition coefficient (Wildman–Crippen LogP) is 4.53. The first-order chi connectivity index (χ1) is 27.8. The molecule has 8 saturated carbocycles. The topological polar surface area (TPSA) is 177 Å². The summed E-state index contributed by atoms with van der Waals surface area (Å²) in [6, 6.07) is 7.74. The average Bonchev–Trinajstić information content (AvgIpc) is 3.89. The van der Waals surface area contributed by atoms with E-state index >= 15 is 0 Å². The first-order valence-electron chi connectivity index (χ1n) is 23.1. The summed E-state index contributed by atoms with van der Waals surface area (Å²) in [6.45, 7) is 2.22. The minimum absolute atomic E-state index is 0.0801. The van der Waals surface area contributed by atoms with E-state index in [0.29, 0.717) is 76.0 Å². The maximum atomic E-state index is 14.1. The highest BCUT2D eigenvalue weighted by Crippen LogP contribution is 2.79. The number of nitrogens with one attached hydrogen (secondary N) is 1. The van der Waals surface area contributed by atoms with Crippen molar-refractivity contribution in [1.82, 2.24) is 5.32 Å². The van der Waals surface area contributed by atoms with Crippen molar-refractivity contribution in [1.29, 1.82) is 0 Å². The van der Waals surface area contributed by atoms with Gasteiger partial charge in [-0.1, -0.05) is 56.9 Å². The number of ether oxygens (including phenoxy) is 1. The zero-order valence-corrected chi connectivity index (χ0v) is 34.5. The van der Waals surface area contributed by atoms with E-state index in [4.69, 9.17) is 4.74 Å². The fourth-order valence-electron chi connectivity index (χ4n) is 17.6. The van der Waals surface area contributed by atoms with Gasteiger partial charge in [-0.3, -0.25) is 0 Å². The van der Waals surface area contributed by atoms with E-state index in [1.54, 1.807) is 6.08 Å². The van der Waals surface area contributed by atoms with Crippen molar-refractivity contribution in [3.63, 3.8) is 0 Å². The number of carbonyl (C=O) groups is 2. The summed E-state index contributed by atoms with van der Waals surface area (Å²) >= 11 is 0. The fourth-order valence-corrected chi connectivity index (χ4v) is 17.6. The SMILES string of the molecule is CN[C@H](Cc1ccccc1CO)[C@@H]1C[C@@H]2C[C@@]3(O)[C@]4(CCC[C@@]15OC(=O)C=C5[C@@H]24)CC[C@H]1[C@]3(O)[C@@H](O)[C@@H]2C[C@@H]([C@@H](C)C3CCCC3)CC[C@@H]3[C@@H](O)CC[C@]1(C=O)[C@@]32O. The van der Waals surface area contributed by atoms with E-state index in [1.807, 2.05) is 31.3 Å². The lowest BCUT2D eigenvalue weighted by molar-refractivity contribution is -0.375. The standard InChI is InChI=1S/C48H67NO9/c1-27(28-8-3-4-9-28)29-12-13-33-38(52)14-18-44(26-51)39-15-19-43-16-7-17-45-34(37(49-2)22-30-10-5-6-11-31(30)25-50)21-32(41(43)35(45)23-40(53)58-45)24-46(43,55)48(39,57)42(54)36(20-29)47(33,44)56/h5-6,10-11,23,26-29,32-34,36-39,41-42,49-50,52,54-57H,3-4,7-9,12-22,24-25H2,1-2H3/t27-,29-,32+,33+,34-,36-,37+,38-,39+,41+,42-,43+,44+,45+,46+,47+,48-/m0/s1. The van der Waals surface area contributed by atoms with E-state index < -0.39 is 63.2 Å². The molecule has 58 heavy (non-hydrogen) atoms. The molecule has 1 aromatic rings. The van der Waals surface area contributed by atoms with E-state index in [9.17, 15) is 40.2 Å². The van der Waals surface area contributed by atoms with Gasteiger partial charge in [0.25, 0.3) is 0 Å². The van der Waals surface area contributed by atoms with Gasteiger partial charge in [-0.25, -0.2) is 4.79 Å². The summed E-state index contributed by atoms with van der Waals surface area (Å²) < 4.78 is 6.53. The first-order valence-corrected chi connectivity index (χ1v) is 23.1. The van der Waals surface area contributed by atoms with Crippen LogP contribution in [0.4, 0.5) is 0 Å². The highest BCUT2D eigenvalue weighted by Gasteiger charge is 2.86. The summed E-state index contributed by atoms with van der Waals surface area (Å²) in [6.07, 6.45) is 11.3. The molecule has 0 radical (unpaired) electrons. The van der Waals surface area contributed by atoms with Crippen molar-refractivity contribution in [2.45, 2.75) is 163 Å². The molecule has 17 atom stereocenters. The number of rotatable bonds is 8. The van der Waals surface area contributed by atoms with Gasteiger partial charge in [0.2, 0.25) is 0 Å². The lowest BCUT2D eigenvalue weighted by Crippen LogP contribution is -2.85. The number of aldehydes is 1. The number of aliphatic hydroxyl groups is 6. The third-order valence-electron chi connectivity index (χ3n) is 20.0. The Morgan fingerprint density at radius 3 is 2.36 bits per heavy atom. The van der Waals surface area contributed by atoms with Gasteiger partial charge in [0.15, 0.2) is 0 Å². The van der Waals surface area contributed by atoms with Crippen LogP contribution in [0.5, 0.6) is 0 Å². The molecule has 0 aromatic heterocycles. The van der Waals surface area contributed by atoms with Crippen molar-refractivity contribution in [3.05, 3.63) is 47.0 Å². The maximum absolute atomic E-state index is 14.1. The summed E-state index contributed by atoms with van der Waals surface area (Å²) in [5, 5.41) is 80.2. The van der Waals surface area contributed by atoms with Crippen molar-refractivity contribution >= 4 is 12.3 Å². The van der Waals surface area contributed by atoms with Gasteiger partial charge in [0.1, 0.15) is 23.1 Å². The molecular weight excluding hydrogens is 735 g/mol. The molecule has 10 nitrogen and oxygen atoms in total. The summed E-state index contributed by atoms with van der Waals surface area (Å²) in [7, 11) is 1.93. The molecule has 2 bridgehead atoms. The number of benzene rings is 1. The molecular formula is C48H67NO9. The van der Waals surface area contributed by atoms with Gasteiger partial charge in [0, 0.05) is 41.2 Å². The van der Waals surface area contributed by atoms with Gasteiger partial charge in [-0.05, 0) is 137 Å². The molecule has 8 fully saturated rings. The molecule has 10 rings (SSSR count). The molecule has 8 aliphatic carbocycles. The number of likely N-dealkylation sites (N-methyl/N-ethyl adjacent to an activating group) is 1. The van der Waals surface area contributed by atoms with Crippen LogP contribution >= 0.6 is 0 Å². The van der Waals surface area contributed by atoms with E-state index in [-0.39, 0.29) is 55.1 Å². The monoisotopic (exact) mass is 801 g/mol. The van der Waals surface area contributed by atoms with E-state index in [0.717, 1.165) is 42.2 Å². The van der Waals surface area contributed by atoms with Crippen LogP contribution in [0, 0.1) is 64.1 Å². The summed E-state index contributed by atoms with van der Waals surface area (Å²) in [5.74, 6) is -2.38. The summed E-state index contributed by atoms with van der Waals surface area (Å²) in [4.78, 5) is 27.7. The molecule has 1 aromatic carbocycles. The Labute approximate surface area is 343 Å². The molecule has 9 aliphatic rings. The van der Waals surface area contributed by atoms with Crippen LogP contribution in [0.1, 0.15) is 121 Å². The second-order valence-electron chi connectivity index (χ2n) is 21.2. The third kappa shape index (κ3) is 4.80. The highest BCUT2D eigenvalue weighted by atomic mass is 16.6. The van der Waals surface area contributed by atoms with Crippen LogP contribution in [0.3, 0.4) is 0 Å². The lowest BCUT2D eigenvalue weighted by atomic mass is 9.35. The van der Waals surface area contributed by atoms with Crippen LogP contribution in [-0.2, 0) is 27.4 Å². The number of hydrogen-bond acceptors (Lipinski definition) is 10. The molecule has 318 valence electrons. The third-order valence-corrected chi connectivity index (χ3v) is 20.0. The number of aliphatic hydroxyl groups excluding tert-OH is 3. The first kappa shape index (κ1) is 39.9. The minimum Gasteiger partial charge on any atom is -0.451 e. The average molecular weight is 802 g/mol. The number of carbonyl (C=O) groups excluding carboxylic acids is 2. The van der Waals surface area contributed by atoms with Gasteiger partial charge in [-0.2, -0.15) is 0 Å². The van der Waals surface area contributed by atoms with Gasteiger partial charge < -0.3 is 45.5 Å². The van der Waals surface area contributed by atoms with Crippen molar-refractivity contribution < 1.29 is 45.0 Å². The zero-order valence-electron chi connectivity index (χ0n) is 34.5. The molecule has 10 heteroatoms. The molecule has 0 amide bonds. The molecule has 0 saturated heterocycles. The van der Waals surface area contributed by atoms with Gasteiger partial charge in [0.05, 0.1) is 29.8 Å². The molecule has 1 heterocycles. The van der Waals surface area contributed by atoms with Crippen LogP contribution < -0.4 is 5.32 Å². The predicted molar refractivity (Wildman–Crippen MR) is 215 cm³/mol. The Balaban J connectivity index is 1.09. The largest absolute Gasteiger partial charge is 0.451 e. The second-order valence-corrected chi connectivity index (χ2v) is 21.2. The smallest absolute Gasteiger partial charge is 0.331 e. The number of fused-ring (bicyclic) bond motifs is 3. The number of esters is 1. The van der Waals surface area contributed by atoms with Crippen molar-refractivity contribution in [2.24, 2.45) is 64.1 Å². The fraction of sp³-hybridized carbons (Fsp3) is 0.792. The van der Waals surface area contributed by atoms with Gasteiger partial charge in [-0.15, -0.1) is 0 Å². The maximum Gasteiger partial charge on any atom is 0.331 e. The quantitative estimate of drug-likeness (QED) is 0.146. The second kappa shape index (κ2) is 13.7. The summed E-state index contributed by atoms with van der Waals surface area (Å²) in [5.41, 5.74) is -6.11. The van der Waals surface area contributed by atoms with Crippen molar-refractivity contribution in [3.8, 4) is 0 Å². The Bertz CT molecular complexity index is 1850. The Morgan fingerprint density at radius 1 is 0.879 bits per heavy atom. The Hall–Kier alpha value is -2.18. The van der Waals surface area contributed by atoms with Crippen LogP contribution in [0.15, 0.2) is 35.9 Å². The molecule has 1 spiro atoms. The Kier molecular flexibility index (Phi) is 9.40. The van der Waals surface area contributed by atoms with Crippen LogP contribution in [0.2, 0.25) is 0 Å². The highest BCUT2D eigenvalue weighted by molar-refractivity contribution is 5.87. The van der Waals surface area contributed by atoms with Gasteiger partial charge >= 0.3 is 5.97 Å². The van der Waals surface area contributed by atoms with E-state index in [1.165, 1.54) is 12.8 Å².